The number of rotatable bonds is 5. The Morgan fingerprint density at radius 1 is 1.04 bits per heavy atom. The summed E-state index contributed by atoms with van der Waals surface area (Å²) >= 11 is 3.26. The van der Waals surface area contributed by atoms with Crippen molar-refractivity contribution in [3.63, 3.8) is 0 Å². The molecule has 0 fully saturated rings. The number of carbonyl (C=O) groups is 4. The summed E-state index contributed by atoms with van der Waals surface area (Å²) in [5, 5.41) is 69.1. The van der Waals surface area contributed by atoms with Gasteiger partial charge in [0.15, 0.2) is 17.1 Å². The van der Waals surface area contributed by atoms with Crippen molar-refractivity contribution in [2.24, 2.45) is 17.6 Å². The third-order valence-corrected chi connectivity index (χ3v) is 9.75. The lowest BCUT2D eigenvalue weighted by Crippen LogP contribution is -2.68. The van der Waals surface area contributed by atoms with E-state index in [4.69, 9.17) is 5.73 Å². The van der Waals surface area contributed by atoms with Crippen molar-refractivity contribution in [2.45, 2.75) is 35.4 Å². The first kappa shape index (κ1) is 34.1. The van der Waals surface area contributed by atoms with Crippen LogP contribution in [0.15, 0.2) is 59.1 Å². The van der Waals surface area contributed by atoms with E-state index in [1.807, 2.05) is 0 Å². The number of aliphatic hydroxyl groups is 4. The largest absolute Gasteiger partial charge is 0.510 e. The highest BCUT2D eigenvalue weighted by atomic mass is 79.9. The van der Waals surface area contributed by atoms with Gasteiger partial charge in [-0.15, -0.1) is 17.0 Å². The summed E-state index contributed by atoms with van der Waals surface area (Å²) < 4.78 is 0. The fraction of sp³-hybridized carbons (Fsp3) is 0.333. The first-order valence-electron chi connectivity index (χ1n) is 13.5. The van der Waals surface area contributed by atoms with Crippen molar-refractivity contribution < 1.29 is 49.8 Å². The number of phenolic OH excluding ortho intramolecular Hbond substituents is 2. The van der Waals surface area contributed by atoms with Crippen LogP contribution in [0.5, 0.6) is 11.5 Å². The molecule has 5 unspecified atom stereocenters. The van der Waals surface area contributed by atoms with Crippen molar-refractivity contribution in [2.75, 3.05) is 19.4 Å². The Balaban J connectivity index is 0.00000461. The van der Waals surface area contributed by atoms with E-state index in [2.05, 4.69) is 21.2 Å². The van der Waals surface area contributed by atoms with Gasteiger partial charge in [-0.3, -0.25) is 24.1 Å². The molecule has 7 atom stereocenters. The predicted molar refractivity (Wildman–Crippen MR) is 169 cm³/mol. The van der Waals surface area contributed by atoms with Gasteiger partial charge in [0.2, 0.25) is 11.7 Å². The van der Waals surface area contributed by atoms with Gasteiger partial charge in [-0.2, -0.15) is 0 Å². The number of nitrogens with two attached hydrogens (primary N) is 1. The molecule has 2 aromatic carbocycles. The number of alkyl halides is 1. The molecule has 45 heavy (non-hydrogen) atoms. The maximum absolute atomic E-state index is 14.0. The average molecular weight is 753 g/mol. The Labute approximate surface area is 275 Å². The predicted octanol–water partition coefficient (Wildman–Crippen LogP) is 2.01. The number of primary amides is 1. The summed E-state index contributed by atoms with van der Waals surface area (Å²) in [5.41, 5.74) is 1.02. The molecule has 0 bridgehead atoms. The number of anilines is 1. The molecule has 0 spiro atoms. The third kappa shape index (κ3) is 4.93. The van der Waals surface area contributed by atoms with Gasteiger partial charge in [0.05, 0.1) is 29.3 Å². The maximum atomic E-state index is 14.0. The van der Waals surface area contributed by atoms with Crippen molar-refractivity contribution in [1.29, 1.82) is 0 Å². The first-order chi connectivity index (χ1) is 20.5. The van der Waals surface area contributed by atoms with Gasteiger partial charge in [-0.05, 0) is 49.3 Å². The van der Waals surface area contributed by atoms with Gasteiger partial charge in [-0.1, -0.05) is 41.1 Å². The standard InChI is InChI=1S/C30H30BrN3O10.BrH/c1-10-13-8-9-14(33-29(43)20(31)11-4-6-12(35)7-5-11)22(36)16(13)23(37)17-15(10)24(38)19-21(34(2)3)25(39)18(28(32)42)27(41)30(19,44)26(17)40;/h4-10,15,19-21,24,35-36,38-40,44H,1-3H3,(H2,32,42)(H,33,43);1H/t10?,15?,19?,20?,21-,24?,30-;/m0./s1. The van der Waals surface area contributed by atoms with Crippen LogP contribution in [0.2, 0.25) is 0 Å². The van der Waals surface area contributed by atoms with E-state index in [-0.39, 0.29) is 39.5 Å². The molecule has 5 rings (SSSR count). The molecular formula is C30H31Br2N3O10. The van der Waals surface area contributed by atoms with E-state index in [0.29, 0.717) is 5.56 Å². The van der Waals surface area contributed by atoms with Gasteiger partial charge in [0.25, 0.3) is 5.91 Å². The number of carbonyl (C=O) groups excluding carboxylic acids is 4. The molecule has 240 valence electrons. The number of phenols is 2. The van der Waals surface area contributed by atoms with Gasteiger partial charge in [-0.25, -0.2) is 0 Å². The van der Waals surface area contributed by atoms with Gasteiger partial charge < -0.3 is 41.7 Å². The normalized spacial score (nSPS) is 28.1. The van der Waals surface area contributed by atoms with E-state index < -0.39 is 92.1 Å². The lowest BCUT2D eigenvalue weighted by Gasteiger charge is -2.53. The number of ketones is 2. The molecule has 15 heteroatoms. The SMILES string of the molecule is Br.CC1c2ccc(NC(=O)C(Br)c3ccc(O)cc3)c(O)c2C(=O)C2=C(O)[C@]3(O)C(=O)C(C(N)=O)=C(O)[C@@H](N(C)C)C3C(O)C21. The highest BCUT2D eigenvalue weighted by molar-refractivity contribution is 9.09. The number of aliphatic hydroxyl groups excluding tert-OH is 3. The molecule has 0 heterocycles. The average Bonchev–Trinajstić information content (AvgIpc) is 2.95. The van der Waals surface area contributed by atoms with Crippen LogP contribution in [0.3, 0.4) is 0 Å². The van der Waals surface area contributed by atoms with Crippen LogP contribution in [-0.2, 0) is 14.4 Å². The minimum absolute atomic E-state index is 0. The van der Waals surface area contributed by atoms with Crippen LogP contribution in [0.25, 0.3) is 0 Å². The number of benzene rings is 2. The summed E-state index contributed by atoms with van der Waals surface area (Å²) in [6.07, 6.45) is -1.72. The molecule has 3 aliphatic carbocycles. The Morgan fingerprint density at radius 2 is 1.64 bits per heavy atom. The highest BCUT2D eigenvalue weighted by Crippen LogP contribution is 2.56. The minimum atomic E-state index is -3.03. The lowest BCUT2D eigenvalue weighted by molar-refractivity contribution is -0.162. The molecule has 2 amide bonds. The molecule has 3 aliphatic rings. The monoisotopic (exact) mass is 751 g/mol. The van der Waals surface area contributed by atoms with Crippen molar-refractivity contribution in [3.05, 3.63) is 75.8 Å². The van der Waals surface area contributed by atoms with E-state index in [1.165, 1.54) is 55.4 Å². The Morgan fingerprint density at radius 3 is 2.20 bits per heavy atom. The molecular weight excluding hydrogens is 722 g/mol. The fourth-order valence-electron chi connectivity index (χ4n) is 6.71. The van der Waals surface area contributed by atoms with Crippen LogP contribution >= 0.6 is 32.9 Å². The second-order valence-corrected chi connectivity index (χ2v) is 12.3. The molecule has 0 aliphatic heterocycles. The molecule has 0 saturated heterocycles. The van der Waals surface area contributed by atoms with Gasteiger partial charge in [0.1, 0.15) is 27.7 Å². The highest BCUT2D eigenvalue weighted by Gasteiger charge is 2.67. The number of likely N-dealkylation sites (N-methyl/N-ethyl adjacent to an activating group) is 1. The number of hydrogen-bond donors (Lipinski definition) is 8. The maximum Gasteiger partial charge on any atom is 0.255 e. The number of nitrogens with one attached hydrogen (secondary N) is 1. The number of hydrogen-bond acceptors (Lipinski definition) is 11. The summed E-state index contributed by atoms with van der Waals surface area (Å²) in [7, 11) is 2.91. The fourth-order valence-corrected chi connectivity index (χ4v) is 7.13. The number of halogens is 2. The Bertz CT molecular complexity index is 1690. The van der Waals surface area contributed by atoms with Crippen LogP contribution in [0.1, 0.15) is 39.2 Å². The van der Waals surface area contributed by atoms with E-state index in [1.54, 1.807) is 6.92 Å². The smallest absolute Gasteiger partial charge is 0.255 e. The summed E-state index contributed by atoms with van der Waals surface area (Å²) in [5.74, 6) is -10.7. The summed E-state index contributed by atoms with van der Waals surface area (Å²) in [6.45, 7) is 1.60. The number of fused-ring (bicyclic) bond motifs is 3. The number of nitrogens with zero attached hydrogens (tertiary/aromatic N) is 1. The van der Waals surface area contributed by atoms with E-state index >= 15 is 0 Å². The molecule has 0 aromatic heterocycles. The first-order valence-corrected chi connectivity index (χ1v) is 14.4. The van der Waals surface area contributed by atoms with Crippen molar-refractivity contribution >= 4 is 62.0 Å². The lowest BCUT2D eigenvalue weighted by atomic mass is 9.55. The Hall–Kier alpha value is -3.76. The number of Topliss-reactive ketones (excluding diaryl/α,β-unsaturated/α-hetero) is 2. The zero-order chi connectivity index (χ0) is 32.6. The topological polar surface area (TPSA) is 231 Å². The van der Waals surface area contributed by atoms with E-state index in [0.717, 1.165) is 0 Å². The van der Waals surface area contributed by atoms with E-state index in [9.17, 15) is 49.8 Å². The van der Waals surface area contributed by atoms with Crippen molar-refractivity contribution in [1.82, 2.24) is 4.90 Å². The molecule has 2 aromatic rings. The van der Waals surface area contributed by atoms with Crippen LogP contribution in [0.4, 0.5) is 5.69 Å². The van der Waals surface area contributed by atoms with Crippen molar-refractivity contribution in [3.8, 4) is 11.5 Å². The second kappa shape index (κ2) is 11.9. The minimum Gasteiger partial charge on any atom is -0.510 e. The number of amides is 2. The zero-order valence-corrected chi connectivity index (χ0v) is 27.4. The third-order valence-electron chi connectivity index (χ3n) is 8.81. The molecule has 0 saturated carbocycles. The zero-order valence-electron chi connectivity index (χ0n) is 24.1. The molecule has 0 radical (unpaired) electrons. The number of aromatic hydroxyl groups is 2. The Kier molecular flexibility index (Phi) is 9.00. The van der Waals surface area contributed by atoms with Gasteiger partial charge in [0, 0.05) is 11.5 Å². The van der Waals surface area contributed by atoms with Crippen LogP contribution < -0.4 is 11.1 Å². The van der Waals surface area contributed by atoms with Crippen LogP contribution in [0, 0.1) is 11.8 Å². The van der Waals surface area contributed by atoms with Crippen LogP contribution in [-0.4, -0.2) is 90.8 Å². The van der Waals surface area contributed by atoms with Gasteiger partial charge >= 0.3 is 0 Å². The second-order valence-electron chi connectivity index (χ2n) is 11.4. The quantitative estimate of drug-likeness (QED) is 0.125. The summed E-state index contributed by atoms with van der Waals surface area (Å²) in [4.78, 5) is 53.1. The molecule has 9 N–H and O–H groups in total. The summed E-state index contributed by atoms with van der Waals surface area (Å²) in [6, 6.07) is 7.29. The molecule has 13 nitrogen and oxygen atoms in total.